The lowest BCUT2D eigenvalue weighted by atomic mass is 10.0. The maximum absolute atomic E-state index is 5.74. The standard InChI is InChI=1S/C23H22N4.C19H15N3O.C19H15N3S.C17H13N3S/c1-2-8-17(9-3-1)23-21-12-6-7-15-27(21)22(26-23)14-13-18-16-24-19-10-4-5-11-20(19)25-18;1-2-6-14(7-3-1)16-11-10-15(21-16)13-23-19-12-20-17-8-4-5-9-18(17)22-19;1-2-6-14(7-3-1)18-13-23-19(22-18)11-10-15-12-20-16-8-4-5-9-17(16)21-15;1-2-6-14-13(5-1)18-11-12(19-14)9-10-17-20-15-7-3-4-8-16(15)21-17/h1-5,8-11,16H,6-7,12-15H2;1-9,11-12H,10,13H2;1-9,12-13H,10-11H2;1-8,11H,9-10H2. The first-order valence-electron chi connectivity index (χ1n) is 31.8. The van der Waals surface area contributed by atoms with Gasteiger partial charge in [-0.05, 0) is 105 Å². The molecule has 16 heteroatoms. The summed E-state index contributed by atoms with van der Waals surface area (Å²) in [5.74, 6) is 1.71. The van der Waals surface area contributed by atoms with E-state index in [0.29, 0.717) is 12.5 Å². The van der Waals surface area contributed by atoms with Gasteiger partial charge < -0.3 is 9.30 Å². The molecule has 2 aliphatic rings. The fourth-order valence-electron chi connectivity index (χ4n) is 11.4. The van der Waals surface area contributed by atoms with Crippen LogP contribution in [0.2, 0.25) is 0 Å². The molecule has 7 aromatic heterocycles. The van der Waals surface area contributed by atoms with E-state index in [1.165, 1.54) is 40.2 Å². The van der Waals surface area contributed by atoms with Crippen molar-refractivity contribution in [2.24, 2.45) is 4.99 Å². The summed E-state index contributed by atoms with van der Waals surface area (Å²) in [6.45, 7) is 1.51. The second kappa shape index (κ2) is 29.6. The Kier molecular flexibility index (Phi) is 19.1. The van der Waals surface area contributed by atoms with Gasteiger partial charge in [0, 0.05) is 73.0 Å². The molecule has 2 aliphatic heterocycles. The molecule has 15 aromatic rings. The first kappa shape index (κ1) is 60.6. The van der Waals surface area contributed by atoms with Gasteiger partial charge in [-0.3, -0.25) is 19.9 Å². The second-order valence-corrected chi connectivity index (χ2v) is 24.8. The Morgan fingerprint density at radius 3 is 1.48 bits per heavy atom. The summed E-state index contributed by atoms with van der Waals surface area (Å²) >= 11 is 3.47. The molecule has 0 spiro atoms. The molecule has 94 heavy (non-hydrogen) atoms. The lowest BCUT2D eigenvalue weighted by Crippen LogP contribution is -2.13. The van der Waals surface area contributed by atoms with Crippen LogP contribution in [0.25, 0.3) is 82.6 Å². The number of aliphatic imine (C=N–C) groups is 1. The van der Waals surface area contributed by atoms with Crippen LogP contribution in [0.15, 0.2) is 254 Å². The number of thiazole rings is 2. The molecule has 0 N–H and O–H groups in total. The molecule has 0 bridgehead atoms. The molecule has 460 valence electrons. The highest BCUT2D eigenvalue weighted by atomic mass is 32.1. The molecular formula is C78H65N13OS2. The van der Waals surface area contributed by atoms with Crippen LogP contribution >= 0.6 is 22.7 Å². The Labute approximate surface area is 552 Å². The summed E-state index contributed by atoms with van der Waals surface area (Å²) < 4.78 is 9.44. The van der Waals surface area contributed by atoms with Crippen molar-refractivity contribution in [2.45, 2.75) is 70.8 Å². The topological polar surface area (TPSA) is 168 Å². The van der Waals surface area contributed by atoms with Crippen molar-refractivity contribution in [1.29, 1.82) is 0 Å². The molecule has 0 amide bonds. The van der Waals surface area contributed by atoms with Gasteiger partial charge >= 0.3 is 0 Å². The number of ether oxygens (including phenoxy) is 1. The Balaban J connectivity index is 0.000000109. The van der Waals surface area contributed by atoms with Crippen LogP contribution in [0.4, 0.5) is 0 Å². The van der Waals surface area contributed by atoms with Crippen molar-refractivity contribution in [3.05, 3.63) is 293 Å². The maximum atomic E-state index is 5.74. The third-order valence-electron chi connectivity index (χ3n) is 16.2. The SMILES string of the molecule is C1=C(c2ccccc2)N=C(COc2cnc3ccccc3n2)C1.c1ccc(-c2csc(CCc3cnc4ccccc4n3)n2)cc1.c1ccc(-c2nc(CCc3cnc4ccccc4n3)n3c2CCCC3)cc1.c1ccc2nc(CCc3nc4ccccc4s3)cnc2c1. The number of rotatable bonds is 15. The number of hydrogen-bond donors (Lipinski definition) is 0. The van der Waals surface area contributed by atoms with Crippen LogP contribution < -0.4 is 4.74 Å². The van der Waals surface area contributed by atoms with Crippen molar-refractivity contribution < 1.29 is 4.74 Å². The van der Waals surface area contributed by atoms with Crippen LogP contribution in [-0.4, -0.2) is 71.7 Å². The fraction of sp³-hybridized carbons (Fsp3) is 0.154. The molecule has 17 rings (SSSR count). The van der Waals surface area contributed by atoms with E-state index < -0.39 is 0 Å². The van der Waals surface area contributed by atoms with E-state index in [1.54, 1.807) is 28.9 Å². The van der Waals surface area contributed by atoms with Crippen LogP contribution in [0.5, 0.6) is 5.88 Å². The van der Waals surface area contributed by atoms with Crippen molar-refractivity contribution in [1.82, 2.24) is 59.4 Å². The Hall–Kier alpha value is -10.9. The first-order valence-corrected chi connectivity index (χ1v) is 33.5. The van der Waals surface area contributed by atoms with Gasteiger partial charge in [0.15, 0.2) is 0 Å². The summed E-state index contributed by atoms with van der Waals surface area (Å²) in [4.78, 5) is 55.5. The van der Waals surface area contributed by atoms with Gasteiger partial charge in [0.2, 0.25) is 5.88 Å². The number of aromatic nitrogens is 12. The number of para-hydroxylation sites is 9. The van der Waals surface area contributed by atoms with E-state index >= 15 is 0 Å². The molecule has 0 fully saturated rings. The number of fused-ring (bicyclic) bond motifs is 6. The number of benzene rings is 8. The van der Waals surface area contributed by atoms with Gasteiger partial charge in [0.1, 0.15) is 12.4 Å². The Morgan fingerprint density at radius 2 is 0.894 bits per heavy atom. The van der Waals surface area contributed by atoms with Gasteiger partial charge in [0.05, 0.1) is 110 Å². The molecule has 14 nitrogen and oxygen atoms in total. The molecule has 0 atom stereocenters. The highest BCUT2D eigenvalue weighted by molar-refractivity contribution is 7.18. The van der Waals surface area contributed by atoms with Crippen molar-refractivity contribution in [3.63, 3.8) is 0 Å². The van der Waals surface area contributed by atoms with Crippen LogP contribution in [0.3, 0.4) is 0 Å². The van der Waals surface area contributed by atoms with Crippen LogP contribution in [0.1, 0.15) is 63.4 Å². The third kappa shape index (κ3) is 15.2. The average Bonchev–Trinajstić information content (AvgIpc) is 1.72. The Morgan fingerprint density at radius 1 is 0.404 bits per heavy atom. The third-order valence-corrected chi connectivity index (χ3v) is 18.2. The van der Waals surface area contributed by atoms with Gasteiger partial charge in [-0.2, -0.15) is 0 Å². The van der Waals surface area contributed by atoms with Crippen LogP contribution in [-0.2, 0) is 51.5 Å². The molecule has 0 aliphatic carbocycles. The molecular weight excluding hydrogens is 1200 g/mol. The minimum Gasteiger partial charge on any atom is -0.470 e. The first-order chi connectivity index (χ1) is 46.5. The van der Waals surface area contributed by atoms with E-state index in [2.05, 4.69) is 134 Å². The lowest BCUT2D eigenvalue weighted by Gasteiger charge is -2.17. The van der Waals surface area contributed by atoms with Gasteiger partial charge in [-0.1, -0.05) is 158 Å². The van der Waals surface area contributed by atoms with Crippen molar-refractivity contribution in [2.75, 3.05) is 6.61 Å². The molecule has 0 saturated heterocycles. The number of imidazole rings is 1. The zero-order valence-electron chi connectivity index (χ0n) is 51.7. The summed E-state index contributed by atoms with van der Waals surface area (Å²) in [7, 11) is 0. The number of allylic oxidation sites excluding steroid dienone is 1. The number of aryl methyl sites for hydroxylation is 6. The summed E-state index contributed by atoms with van der Waals surface area (Å²) in [5, 5.41) is 4.42. The monoisotopic (exact) mass is 1260 g/mol. The van der Waals surface area contributed by atoms with E-state index in [-0.39, 0.29) is 0 Å². The Bertz CT molecular complexity index is 5080. The molecule has 0 unspecified atom stereocenters. The second-order valence-electron chi connectivity index (χ2n) is 22.7. The summed E-state index contributed by atoms with van der Waals surface area (Å²) in [5.41, 5.74) is 20.7. The average molecular weight is 1260 g/mol. The van der Waals surface area contributed by atoms with E-state index in [0.717, 1.165) is 163 Å². The van der Waals surface area contributed by atoms with Crippen LogP contribution in [0, 0.1) is 0 Å². The summed E-state index contributed by atoms with van der Waals surface area (Å²) in [6.07, 6.45) is 19.1. The van der Waals surface area contributed by atoms with Gasteiger partial charge in [-0.15, -0.1) is 22.7 Å². The zero-order chi connectivity index (χ0) is 63.1. The number of nitrogens with zero attached hydrogens (tertiary/aromatic N) is 13. The molecule has 0 radical (unpaired) electrons. The smallest absolute Gasteiger partial charge is 0.233 e. The molecule has 0 saturated carbocycles. The maximum Gasteiger partial charge on any atom is 0.233 e. The molecule has 9 heterocycles. The van der Waals surface area contributed by atoms with E-state index in [1.807, 2.05) is 158 Å². The van der Waals surface area contributed by atoms with Crippen molar-refractivity contribution in [3.8, 4) is 28.4 Å². The quantitative estimate of drug-likeness (QED) is 0.0954. The highest BCUT2D eigenvalue weighted by Crippen LogP contribution is 2.31. The minimum atomic E-state index is 0.430. The predicted octanol–water partition coefficient (Wildman–Crippen LogP) is 17.1. The predicted molar refractivity (Wildman–Crippen MR) is 380 cm³/mol. The largest absolute Gasteiger partial charge is 0.470 e. The summed E-state index contributed by atoms with van der Waals surface area (Å²) in [6, 6.07) is 71.0. The molecule has 8 aromatic carbocycles. The van der Waals surface area contributed by atoms with Crippen molar-refractivity contribution >= 4 is 88.4 Å². The van der Waals surface area contributed by atoms with E-state index in [4.69, 9.17) is 19.7 Å². The zero-order valence-corrected chi connectivity index (χ0v) is 53.3. The minimum absolute atomic E-state index is 0.430. The highest BCUT2D eigenvalue weighted by Gasteiger charge is 2.21. The van der Waals surface area contributed by atoms with E-state index in [9.17, 15) is 0 Å². The normalized spacial score (nSPS) is 12.5. The fourth-order valence-corrected chi connectivity index (χ4v) is 13.2. The van der Waals surface area contributed by atoms with Gasteiger partial charge in [-0.25, -0.2) is 39.9 Å². The lowest BCUT2D eigenvalue weighted by molar-refractivity contribution is 0.360. The number of hydrogen-bond acceptors (Lipinski definition) is 15. The van der Waals surface area contributed by atoms with Gasteiger partial charge in [0.25, 0.3) is 0 Å².